The number of benzene rings is 2. The maximum absolute atomic E-state index is 5.79. The normalized spacial score (nSPS) is 10.5. The molecule has 0 aliphatic heterocycles. The number of para-hydroxylation sites is 1. The first-order valence-corrected chi connectivity index (χ1v) is 10.3. The third-order valence-corrected chi connectivity index (χ3v) is 5.20. The van der Waals surface area contributed by atoms with Gasteiger partial charge in [-0.3, -0.25) is 0 Å². The molecular formula is C23H28N4O2S. The number of rotatable bonds is 9. The van der Waals surface area contributed by atoms with Crippen LogP contribution in [0, 0.1) is 6.92 Å². The lowest BCUT2D eigenvalue weighted by atomic mass is 10.2. The van der Waals surface area contributed by atoms with Crippen LogP contribution in [0.1, 0.15) is 17.5 Å². The van der Waals surface area contributed by atoms with Crippen molar-refractivity contribution in [1.82, 2.24) is 14.5 Å². The van der Waals surface area contributed by atoms with Gasteiger partial charge >= 0.3 is 0 Å². The lowest BCUT2D eigenvalue weighted by Crippen LogP contribution is -2.35. The fourth-order valence-electron chi connectivity index (χ4n) is 3.25. The molecule has 0 radical (unpaired) electrons. The molecule has 0 spiro atoms. The van der Waals surface area contributed by atoms with Gasteiger partial charge in [-0.25, -0.2) is 4.98 Å². The van der Waals surface area contributed by atoms with Crippen LogP contribution in [0.2, 0.25) is 0 Å². The minimum atomic E-state index is 0.647. The smallest absolute Gasteiger partial charge is 0.173 e. The van der Waals surface area contributed by atoms with Crippen molar-refractivity contribution in [2.75, 3.05) is 26.1 Å². The van der Waals surface area contributed by atoms with E-state index in [1.165, 1.54) is 0 Å². The van der Waals surface area contributed by atoms with Gasteiger partial charge in [-0.1, -0.05) is 24.3 Å². The number of methoxy groups -OCH3 is 2. The van der Waals surface area contributed by atoms with Crippen LogP contribution in [0.15, 0.2) is 61.2 Å². The second-order valence-electron chi connectivity index (χ2n) is 7.02. The number of aromatic nitrogens is 2. The lowest BCUT2D eigenvalue weighted by Gasteiger charge is -2.27. The number of nitrogens with one attached hydrogen (secondary N) is 1. The molecule has 30 heavy (non-hydrogen) atoms. The Morgan fingerprint density at radius 2 is 1.93 bits per heavy atom. The minimum absolute atomic E-state index is 0.647. The molecule has 2 aromatic carbocycles. The fraction of sp³-hybridized carbons (Fsp3) is 0.304. The summed E-state index contributed by atoms with van der Waals surface area (Å²) in [4.78, 5) is 6.26. The average Bonchev–Trinajstić information content (AvgIpc) is 3.28. The van der Waals surface area contributed by atoms with E-state index < -0.39 is 0 Å². The van der Waals surface area contributed by atoms with Gasteiger partial charge in [0, 0.05) is 37.6 Å². The molecule has 0 aliphatic carbocycles. The second kappa shape index (κ2) is 10.6. The third-order valence-electron chi connectivity index (χ3n) is 4.84. The molecule has 1 aromatic heterocycles. The maximum atomic E-state index is 5.79. The Morgan fingerprint density at radius 1 is 1.13 bits per heavy atom. The van der Waals surface area contributed by atoms with Gasteiger partial charge in [0.2, 0.25) is 0 Å². The summed E-state index contributed by atoms with van der Waals surface area (Å²) >= 11 is 5.79. The second-order valence-corrected chi connectivity index (χ2v) is 7.41. The van der Waals surface area contributed by atoms with Crippen LogP contribution in [-0.2, 0) is 13.1 Å². The van der Waals surface area contributed by atoms with Crippen LogP contribution in [0.3, 0.4) is 0 Å². The van der Waals surface area contributed by atoms with Crippen LogP contribution in [-0.4, -0.2) is 40.3 Å². The summed E-state index contributed by atoms with van der Waals surface area (Å²) in [5.74, 6) is 1.63. The Kier molecular flexibility index (Phi) is 7.68. The number of thiocarbonyl (C=S) groups is 1. The van der Waals surface area contributed by atoms with E-state index in [2.05, 4.69) is 25.8 Å². The van der Waals surface area contributed by atoms with Crippen LogP contribution in [0.25, 0.3) is 0 Å². The van der Waals surface area contributed by atoms with E-state index in [1.807, 2.05) is 55.8 Å². The molecule has 3 rings (SSSR count). The van der Waals surface area contributed by atoms with E-state index in [9.17, 15) is 0 Å². The first-order chi connectivity index (χ1) is 14.6. The van der Waals surface area contributed by atoms with Gasteiger partial charge < -0.3 is 24.3 Å². The Hall–Kier alpha value is -3.06. The van der Waals surface area contributed by atoms with Gasteiger partial charge in [-0.05, 0) is 49.3 Å². The van der Waals surface area contributed by atoms with Crippen molar-refractivity contribution in [3.63, 3.8) is 0 Å². The molecule has 0 bridgehead atoms. The highest BCUT2D eigenvalue weighted by molar-refractivity contribution is 7.80. The molecule has 6 nitrogen and oxygen atoms in total. The topological polar surface area (TPSA) is 51.5 Å². The number of hydrogen-bond acceptors (Lipinski definition) is 4. The zero-order valence-corrected chi connectivity index (χ0v) is 18.5. The van der Waals surface area contributed by atoms with Crippen LogP contribution >= 0.6 is 12.2 Å². The highest BCUT2D eigenvalue weighted by Gasteiger charge is 2.15. The Bertz CT molecular complexity index is 960. The number of aryl methyl sites for hydroxylation is 2. The SMILES string of the molecule is COc1ccccc1CN(CCCn1ccnc1)C(=S)Nc1ccc(C)cc1OC. The van der Waals surface area contributed by atoms with Gasteiger partial charge in [-0.15, -0.1) is 0 Å². The number of anilines is 1. The van der Waals surface area contributed by atoms with E-state index in [0.29, 0.717) is 11.7 Å². The molecule has 1 heterocycles. The summed E-state index contributed by atoms with van der Waals surface area (Å²) in [6, 6.07) is 14.1. The summed E-state index contributed by atoms with van der Waals surface area (Å²) in [5, 5.41) is 4.01. The molecular weight excluding hydrogens is 396 g/mol. The number of nitrogens with zero attached hydrogens (tertiary/aromatic N) is 3. The monoisotopic (exact) mass is 424 g/mol. The average molecular weight is 425 g/mol. The molecule has 0 unspecified atom stereocenters. The Balaban J connectivity index is 1.75. The molecule has 7 heteroatoms. The first kappa shape index (κ1) is 21.6. The van der Waals surface area contributed by atoms with Gasteiger partial charge in [0.1, 0.15) is 11.5 Å². The summed E-state index contributed by atoms with van der Waals surface area (Å²) < 4.78 is 13.1. The number of hydrogen-bond donors (Lipinski definition) is 1. The minimum Gasteiger partial charge on any atom is -0.496 e. The Morgan fingerprint density at radius 3 is 2.67 bits per heavy atom. The van der Waals surface area contributed by atoms with E-state index in [0.717, 1.165) is 47.8 Å². The molecule has 0 atom stereocenters. The van der Waals surface area contributed by atoms with Gasteiger partial charge in [-0.2, -0.15) is 0 Å². The van der Waals surface area contributed by atoms with Gasteiger partial charge in [0.15, 0.2) is 5.11 Å². The number of imidazole rings is 1. The standard InChI is InChI=1S/C23H28N4O2S/c1-18-9-10-20(22(15-18)29-3)25-23(30)27(13-6-12-26-14-11-24-17-26)16-19-7-4-5-8-21(19)28-2/h4-5,7-11,14-15,17H,6,12-13,16H2,1-3H3,(H,25,30). The van der Waals surface area contributed by atoms with Crippen LogP contribution in [0.4, 0.5) is 5.69 Å². The highest BCUT2D eigenvalue weighted by atomic mass is 32.1. The van der Waals surface area contributed by atoms with Crippen molar-refractivity contribution in [3.05, 3.63) is 72.3 Å². The third kappa shape index (κ3) is 5.73. The van der Waals surface area contributed by atoms with E-state index >= 15 is 0 Å². The molecule has 158 valence electrons. The molecule has 1 N–H and O–H groups in total. The predicted molar refractivity (Wildman–Crippen MR) is 124 cm³/mol. The van der Waals surface area contributed by atoms with Gasteiger partial charge in [0.05, 0.1) is 26.2 Å². The summed E-state index contributed by atoms with van der Waals surface area (Å²) in [6.07, 6.45) is 6.53. The molecule has 0 amide bonds. The zero-order chi connectivity index (χ0) is 21.3. The summed E-state index contributed by atoms with van der Waals surface area (Å²) in [5.41, 5.74) is 3.07. The van der Waals surface area contributed by atoms with Crippen molar-refractivity contribution < 1.29 is 9.47 Å². The van der Waals surface area contributed by atoms with Crippen molar-refractivity contribution in [1.29, 1.82) is 0 Å². The molecule has 0 saturated heterocycles. The molecule has 0 fully saturated rings. The van der Waals surface area contributed by atoms with Crippen molar-refractivity contribution in [2.24, 2.45) is 0 Å². The summed E-state index contributed by atoms with van der Waals surface area (Å²) in [6.45, 7) is 4.35. The molecule has 3 aromatic rings. The highest BCUT2D eigenvalue weighted by Crippen LogP contribution is 2.26. The van der Waals surface area contributed by atoms with E-state index in [1.54, 1.807) is 20.4 Å². The van der Waals surface area contributed by atoms with Crippen molar-refractivity contribution >= 4 is 23.0 Å². The quantitative estimate of drug-likeness (QED) is 0.511. The Labute approximate surface area is 183 Å². The fourth-order valence-corrected chi connectivity index (χ4v) is 3.52. The maximum Gasteiger partial charge on any atom is 0.173 e. The van der Waals surface area contributed by atoms with Crippen LogP contribution in [0.5, 0.6) is 11.5 Å². The largest absolute Gasteiger partial charge is 0.496 e. The van der Waals surface area contributed by atoms with E-state index in [4.69, 9.17) is 21.7 Å². The summed E-state index contributed by atoms with van der Waals surface area (Å²) in [7, 11) is 3.36. The number of ether oxygens (including phenoxy) is 2. The van der Waals surface area contributed by atoms with Gasteiger partial charge in [0.25, 0.3) is 0 Å². The van der Waals surface area contributed by atoms with E-state index in [-0.39, 0.29) is 0 Å². The lowest BCUT2D eigenvalue weighted by molar-refractivity contribution is 0.371. The van der Waals surface area contributed by atoms with Crippen molar-refractivity contribution in [3.8, 4) is 11.5 Å². The predicted octanol–water partition coefficient (Wildman–Crippen LogP) is 4.50. The molecule has 0 saturated carbocycles. The first-order valence-electron chi connectivity index (χ1n) is 9.89. The molecule has 0 aliphatic rings. The zero-order valence-electron chi connectivity index (χ0n) is 17.7. The van der Waals surface area contributed by atoms with Crippen molar-refractivity contribution in [2.45, 2.75) is 26.4 Å². The van der Waals surface area contributed by atoms with Crippen LogP contribution < -0.4 is 14.8 Å².